The molecule has 4 rings (SSSR count). The van der Waals surface area contributed by atoms with Crippen molar-refractivity contribution in [3.63, 3.8) is 0 Å². The number of pyridine rings is 2. The summed E-state index contributed by atoms with van der Waals surface area (Å²) in [7, 11) is 0. The third-order valence-electron chi connectivity index (χ3n) is 5.11. The summed E-state index contributed by atoms with van der Waals surface area (Å²) < 4.78 is 8.86. The van der Waals surface area contributed by atoms with Crippen LogP contribution in [0.25, 0.3) is 16.7 Å². The zero-order chi connectivity index (χ0) is 24.6. The Labute approximate surface area is 207 Å². The Bertz CT molecular complexity index is 1590. The number of ether oxygens (including phenoxy) is 1. The normalized spacial score (nSPS) is 12.0. The molecule has 0 aliphatic carbocycles. The van der Waals surface area contributed by atoms with E-state index in [1.54, 1.807) is 54.1 Å². The number of fused-ring (bicyclic) bond motifs is 2. The number of carbonyl (C=O) groups excluding carboxylic acids is 2. The van der Waals surface area contributed by atoms with Crippen LogP contribution in [0.2, 0.25) is 5.02 Å². The van der Waals surface area contributed by atoms with E-state index < -0.39 is 11.9 Å². The zero-order valence-corrected chi connectivity index (χ0v) is 20.9. The van der Waals surface area contributed by atoms with Gasteiger partial charge in [0.25, 0.3) is 11.5 Å². The fourth-order valence-corrected chi connectivity index (χ4v) is 4.18. The van der Waals surface area contributed by atoms with E-state index in [1.165, 1.54) is 10.5 Å². The van der Waals surface area contributed by atoms with Crippen LogP contribution < -0.4 is 11.0 Å². The van der Waals surface area contributed by atoms with Crippen molar-refractivity contribution in [2.75, 3.05) is 6.61 Å². The van der Waals surface area contributed by atoms with Gasteiger partial charge in [0, 0.05) is 16.7 Å². The van der Waals surface area contributed by atoms with E-state index in [0.717, 1.165) is 0 Å². The summed E-state index contributed by atoms with van der Waals surface area (Å²) in [6.45, 7) is 5.47. The van der Waals surface area contributed by atoms with Gasteiger partial charge in [-0.15, -0.1) is 0 Å². The number of amides is 1. The van der Waals surface area contributed by atoms with E-state index in [-0.39, 0.29) is 45.2 Å². The number of esters is 1. The molecular formula is C24H20BrClN4O4. The van der Waals surface area contributed by atoms with Crippen molar-refractivity contribution < 1.29 is 14.3 Å². The molecule has 0 saturated heterocycles. The van der Waals surface area contributed by atoms with Gasteiger partial charge in [-0.3, -0.25) is 14.0 Å². The molecular weight excluding hydrogens is 524 g/mol. The molecule has 0 radical (unpaired) electrons. The third kappa shape index (κ3) is 4.28. The summed E-state index contributed by atoms with van der Waals surface area (Å²) in [5.74, 6) is -1.36. The second-order valence-corrected chi connectivity index (χ2v) is 9.01. The van der Waals surface area contributed by atoms with Crippen molar-refractivity contribution in [2.24, 2.45) is 4.99 Å². The molecule has 1 amide bonds. The monoisotopic (exact) mass is 542 g/mol. The maximum absolute atomic E-state index is 13.3. The van der Waals surface area contributed by atoms with E-state index in [4.69, 9.17) is 16.3 Å². The lowest BCUT2D eigenvalue weighted by Gasteiger charge is -2.17. The topological polar surface area (TPSA) is 95.0 Å². The number of nitrogens with zero attached hydrogens (tertiary/aromatic N) is 4. The third-order valence-corrected chi connectivity index (χ3v) is 5.94. The van der Waals surface area contributed by atoms with Gasteiger partial charge >= 0.3 is 5.97 Å². The van der Waals surface area contributed by atoms with Crippen molar-refractivity contribution in [3.8, 4) is 0 Å². The summed E-state index contributed by atoms with van der Waals surface area (Å²) in [5.41, 5.74) is 0.546. The van der Waals surface area contributed by atoms with Crippen molar-refractivity contribution in [2.45, 2.75) is 26.8 Å². The quantitative estimate of drug-likeness (QED) is 0.278. The van der Waals surface area contributed by atoms with Crippen molar-refractivity contribution in [1.82, 2.24) is 14.0 Å². The molecule has 0 atom stereocenters. The minimum absolute atomic E-state index is 0.0164. The average molecular weight is 544 g/mol. The molecule has 1 aromatic carbocycles. The Kier molecular flexibility index (Phi) is 6.67. The van der Waals surface area contributed by atoms with Crippen LogP contribution in [0.15, 0.2) is 62.9 Å². The number of rotatable bonds is 4. The van der Waals surface area contributed by atoms with Gasteiger partial charge in [-0.25, -0.2) is 9.78 Å². The molecule has 0 aliphatic rings. The number of hydrogen-bond acceptors (Lipinski definition) is 5. The highest BCUT2D eigenvalue weighted by Crippen LogP contribution is 2.22. The first-order valence-corrected chi connectivity index (χ1v) is 11.7. The Morgan fingerprint density at radius 1 is 1.18 bits per heavy atom. The first-order chi connectivity index (χ1) is 16.2. The lowest BCUT2D eigenvalue weighted by atomic mass is 10.1. The first kappa shape index (κ1) is 23.8. The second kappa shape index (κ2) is 9.52. The van der Waals surface area contributed by atoms with E-state index in [2.05, 4.69) is 25.9 Å². The summed E-state index contributed by atoms with van der Waals surface area (Å²) >= 11 is 9.57. The minimum Gasteiger partial charge on any atom is -0.462 e. The lowest BCUT2D eigenvalue weighted by Crippen LogP contribution is -2.33. The Morgan fingerprint density at radius 3 is 2.65 bits per heavy atom. The summed E-state index contributed by atoms with van der Waals surface area (Å²) in [4.78, 5) is 48.3. The molecule has 0 aliphatic heterocycles. The van der Waals surface area contributed by atoms with Crippen LogP contribution in [0.5, 0.6) is 0 Å². The highest BCUT2D eigenvalue weighted by atomic mass is 79.9. The van der Waals surface area contributed by atoms with E-state index in [9.17, 15) is 14.4 Å². The van der Waals surface area contributed by atoms with Crippen molar-refractivity contribution in [1.29, 1.82) is 0 Å². The van der Waals surface area contributed by atoms with Crippen LogP contribution in [0.1, 0.15) is 47.5 Å². The van der Waals surface area contributed by atoms with Crippen LogP contribution in [0.3, 0.4) is 0 Å². The predicted molar refractivity (Wildman–Crippen MR) is 132 cm³/mol. The molecule has 0 spiro atoms. The number of carbonyl (C=O) groups is 2. The highest BCUT2D eigenvalue weighted by Gasteiger charge is 2.22. The molecule has 0 bridgehead atoms. The van der Waals surface area contributed by atoms with Crippen molar-refractivity contribution in [3.05, 3.63) is 85.1 Å². The maximum atomic E-state index is 13.3. The maximum Gasteiger partial charge on any atom is 0.341 e. The van der Waals surface area contributed by atoms with Gasteiger partial charge in [-0.1, -0.05) is 33.6 Å². The minimum atomic E-state index is -0.705. The van der Waals surface area contributed by atoms with Gasteiger partial charge in [0.2, 0.25) is 0 Å². The summed E-state index contributed by atoms with van der Waals surface area (Å²) in [5, 5.41) is 0.418. The first-order valence-electron chi connectivity index (χ1n) is 10.5. The number of benzene rings is 1. The molecule has 0 saturated carbocycles. The molecule has 3 aromatic heterocycles. The molecule has 10 heteroatoms. The Hall–Kier alpha value is -3.30. The number of halogens is 2. The second-order valence-electron chi connectivity index (χ2n) is 7.69. The molecule has 0 unspecified atom stereocenters. The number of aromatic nitrogens is 3. The molecule has 174 valence electrons. The van der Waals surface area contributed by atoms with Gasteiger partial charge in [-0.2, -0.15) is 4.99 Å². The van der Waals surface area contributed by atoms with Crippen LogP contribution in [-0.2, 0) is 4.74 Å². The molecule has 34 heavy (non-hydrogen) atoms. The molecule has 8 nitrogen and oxygen atoms in total. The van der Waals surface area contributed by atoms with Crippen LogP contribution in [-0.4, -0.2) is 32.4 Å². The molecule has 3 heterocycles. The summed E-state index contributed by atoms with van der Waals surface area (Å²) in [6.07, 6.45) is 1.60. The fraction of sp³-hybridized carbons (Fsp3) is 0.208. The SMILES string of the molecule is CCOC(=O)c1cc2c(=O)n3ccccc3nc2n(C(C)C)c1=NC(=O)c1cc(Br)ccc1Cl. The number of hydrogen-bond donors (Lipinski definition) is 0. The molecule has 0 N–H and O–H groups in total. The lowest BCUT2D eigenvalue weighted by molar-refractivity contribution is 0.0523. The van der Waals surface area contributed by atoms with Crippen molar-refractivity contribution >= 4 is 56.1 Å². The molecule has 4 aromatic rings. The summed E-state index contributed by atoms with van der Waals surface area (Å²) in [6, 6.07) is 11.1. The van der Waals surface area contributed by atoms with E-state index >= 15 is 0 Å². The predicted octanol–water partition coefficient (Wildman–Crippen LogP) is 4.56. The smallest absolute Gasteiger partial charge is 0.341 e. The van der Waals surface area contributed by atoms with Gasteiger partial charge in [0.15, 0.2) is 5.49 Å². The van der Waals surface area contributed by atoms with Crippen LogP contribution >= 0.6 is 27.5 Å². The van der Waals surface area contributed by atoms with Crippen LogP contribution in [0, 0.1) is 0 Å². The Morgan fingerprint density at radius 2 is 1.94 bits per heavy atom. The zero-order valence-electron chi connectivity index (χ0n) is 18.6. The Balaban J connectivity index is 2.16. The largest absolute Gasteiger partial charge is 0.462 e. The van der Waals surface area contributed by atoms with E-state index in [0.29, 0.717) is 15.8 Å². The standard InChI is InChI=1S/C24H20BrClN4O4/c1-4-34-24(33)17-12-16-20(27-19-7-5-6-10-29(19)23(16)32)30(13(2)3)21(17)28-22(31)15-11-14(25)8-9-18(15)26/h5-13H,4H2,1-3H3. The van der Waals surface area contributed by atoms with Gasteiger partial charge in [-0.05, 0) is 57.2 Å². The average Bonchev–Trinajstić information content (AvgIpc) is 2.80. The highest BCUT2D eigenvalue weighted by molar-refractivity contribution is 9.10. The fourth-order valence-electron chi connectivity index (χ4n) is 3.62. The van der Waals surface area contributed by atoms with Gasteiger partial charge in [0.1, 0.15) is 16.9 Å². The van der Waals surface area contributed by atoms with Crippen LogP contribution in [0.4, 0.5) is 0 Å². The van der Waals surface area contributed by atoms with E-state index in [1.807, 2.05) is 13.8 Å². The van der Waals surface area contributed by atoms with Gasteiger partial charge in [0.05, 0.1) is 22.6 Å². The van der Waals surface area contributed by atoms with Gasteiger partial charge < -0.3 is 9.30 Å². The molecule has 0 fully saturated rings.